The fourth-order valence-electron chi connectivity index (χ4n) is 5.41. The average molecular weight is 477 g/mol. The molecule has 0 spiro atoms. The second-order valence-corrected chi connectivity index (χ2v) is 9.67. The highest BCUT2D eigenvalue weighted by Crippen LogP contribution is 2.32. The van der Waals surface area contributed by atoms with Gasteiger partial charge in [-0.15, -0.1) is 5.10 Å². The summed E-state index contributed by atoms with van der Waals surface area (Å²) < 4.78 is 1.83. The van der Waals surface area contributed by atoms with Crippen LogP contribution in [0.5, 0.6) is 0 Å². The molecule has 0 fully saturated rings. The molecule has 7 nitrogen and oxygen atoms in total. The molecule has 0 bridgehead atoms. The first-order valence-electron chi connectivity index (χ1n) is 12.3. The third kappa shape index (κ3) is 4.12. The summed E-state index contributed by atoms with van der Waals surface area (Å²) in [4.78, 5) is 19.1. The van der Waals surface area contributed by atoms with Crippen molar-refractivity contribution in [3.05, 3.63) is 122 Å². The molecular weight excluding hydrogens is 448 g/mol. The third-order valence-electron chi connectivity index (χ3n) is 7.14. The Kier molecular flexibility index (Phi) is 5.70. The van der Waals surface area contributed by atoms with Gasteiger partial charge in [-0.2, -0.15) is 0 Å². The van der Waals surface area contributed by atoms with E-state index in [4.69, 9.17) is 0 Å². The molecule has 3 heterocycles. The zero-order chi connectivity index (χ0) is 24.6. The Morgan fingerprint density at radius 3 is 2.58 bits per heavy atom. The van der Waals surface area contributed by atoms with E-state index in [1.54, 1.807) is 0 Å². The summed E-state index contributed by atoms with van der Waals surface area (Å²) in [5.41, 5.74) is 7.41. The van der Waals surface area contributed by atoms with E-state index in [1.165, 1.54) is 11.1 Å². The van der Waals surface area contributed by atoms with Crippen LogP contribution in [0, 0.1) is 13.8 Å². The van der Waals surface area contributed by atoms with E-state index in [1.807, 2.05) is 41.9 Å². The van der Waals surface area contributed by atoms with Crippen LogP contribution in [0.2, 0.25) is 0 Å². The van der Waals surface area contributed by atoms with Gasteiger partial charge in [0.25, 0.3) is 5.56 Å². The first kappa shape index (κ1) is 22.4. The Morgan fingerprint density at radius 2 is 1.75 bits per heavy atom. The van der Waals surface area contributed by atoms with Gasteiger partial charge >= 0.3 is 0 Å². The van der Waals surface area contributed by atoms with Gasteiger partial charge in [-0.1, -0.05) is 60.7 Å². The van der Waals surface area contributed by atoms with Crippen LogP contribution in [0.1, 0.15) is 45.2 Å². The van der Waals surface area contributed by atoms with Crippen molar-refractivity contribution < 1.29 is 0 Å². The Balaban J connectivity index is 1.50. The molecule has 0 saturated heterocycles. The number of aromatic nitrogens is 5. The molecule has 0 radical (unpaired) electrons. The molecule has 1 aliphatic heterocycles. The second-order valence-electron chi connectivity index (χ2n) is 9.67. The molecule has 36 heavy (non-hydrogen) atoms. The highest BCUT2D eigenvalue weighted by molar-refractivity contribution is 5.83. The molecule has 3 aromatic carbocycles. The van der Waals surface area contributed by atoms with Crippen molar-refractivity contribution in [2.75, 3.05) is 6.54 Å². The summed E-state index contributed by atoms with van der Waals surface area (Å²) in [6.07, 6.45) is 0.913. The summed E-state index contributed by atoms with van der Waals surface area (Å²) in [6, 6.07) is 24.5. The number of aryl methyl sites for hydroxylation is 2. The highest BCUT2D eigenvalue weighted by atomic mass is 16.1. The van der Waals surface area contributed by atoms with Crippen LogP contribution in [-0.2, 0) is 19.5 Å². The van der Waals surface area contributed by atoms with Gasteiger partial charge in [0, 0.05) is 29.6 Å². The summed E-state index contributed by atoms with van der Waals surface area (Å²) in [5.74, 6) is 0.674. The first-order chi connectivity index (χ1) is 17.6. The fourth-order valence-corrected chi connectivity index (χ4v) is 5.41. The van der Waals surface area contributed by atoms with Crippen molar-refractivity contribution in [2.24, 2.45) is 0 Å². The number of fused-ring (bicyclic) bond motifs is 2. The average Bonchev–Trinajstić information content (AvgIpc) is 3.32. The molecule has 5 aromatic rings. The van der Waals surface area contributed by atoms with E-state index in [9.17, 15) is 4.79 Å². The van der Waals surface area contributed by atoms with Crippen molar-refractivity contribution in [1.29, 1.82) is 0 Å². The molecular formula is C29H28N6O. The van der Waals surface area contributed by atoms with E-state index >= 15 is 0 Å². The van der Waals surface area contributed by atoms with E-state index < -0.39 is 0 Å². The first-order valence-corrected chi connectivity index (χ1v) is 12.3. The quantitative estimate of drug-likeness (QED) is 0.409. The summed E-state index contributed by atoms with van der Waals surface area (Å²) in [6.45, 7) is 6.20. The van der Waals surface area contributed by atoms with Gasteiger partial charge in [0.2, 0.25) is 0 Å². The van der Waals surface area contributed by atoms with Crippen molar-refractivity contribution in [1.82, 2.24) is 30.1 Å². The van der Waals surface area contributed by atoms with Gasteiger partial charge in [0.1, 0.15) is 6.04 Å². The number of nitrogens with one attached hydrogen (secondary N) is 1. The number of tetrazole rings is 1. The van der Waals surface area contributed by atoms with Gasteiger partial charge in [-0.25, -0.2) is 4.68 Å². The van der Waals surface area contributed by atoms with Crippen LogP contribution >= 0.6 is 0 Å². The number of hydrogen-bond donors (Lipinski definition) is 1. The van der Waals surface area contributed by atoms with Crippen molar-refractivity contribution in [2.45, 2.75) is 39.4 Å². The Hall–Kier alpha value is -4.10. The minimum absolute atomic E-state index is 0.106. The Bertz CT molecular complexity index is 1600. The lowest BCUT2D eigenvalue weighted by molar-refractivity contribution is 0.194. The maximum Gasteiger partial charge on any atom is 0.253 e. The highest BCUT2D eigenvalue weighted by Gasteiger charge is 2.32. The molecule has 0 saturated carbocycles. The van der Waals surface area contributed by atoms with Crippen LogP contribution in [0.15, 0.2) is 77.6 Å². The SMILES string of the molecule is Cc1cc(C)c2cc(C(c3nnnn3Cc3ccccc3)N3CCc4ccccc4C3)c(=O)[nH]c2c1. The van der Waals surface area contributed by atoms with Crippen LogP contribution in [0.4, 0.5) is 0 Å². The number of pyridine rings is 1. The molecule has 1 N–H and O–H groups in total. The number of benzene rings is 3. The molecule has 0 aliphatic carbocycles. The van der Waals surface area contributed by atoms with Gasteiger partial charge in [0.05, 0.1) is 6.54 Å². The third-order valence-corrected chi connectivity index (χ3v) is 7.14. The largest absolute Gasteiger partial charge is 0.322 e. The van der Waals surface area contributed by atoms with Crippen LogP contribution in [0.25, 0.3) is 10.9 Å². The van der Waals surface area contributed by atoms with E-state index in [0.29, 0.717) is 17.9 Å². The summed E-state index contributed by atoms with van der Waals surface area (Å²) in [7, 11) is 0. The standard InChI is InChI=1S/C29H28N6O/c1-19-14-20(2)24-16-25(29(36)30-26(24)15-19)27(34-13-12-22-10-6-7-11-23(22)18-34)28-31-32-33-35(28)17-21-8-4-3-5-9-21/h3-11,14-16,27H,12-13,17-18H2,1-2H3,(H,30,36). The molecule has 1 atom stereocenters. The monoisotopic (exact) mass is 476 g/mol. The van der Waals surface area contributed by atoms with Crippen LogP contribution in [0.3, 0.4) is 0 Å². The Morgan fingerprint density at radius 1 is 0.972 bits per heavy atom. The predicted octanol–water partition coefficient (Wildman–Crippen LogP) is 4.33. The zero-order valence-corrected chi connectivity index (χ0v) is 20.5. The molecule has 2 aromatic heterocycles. The van der Waals surface area contributed by atoms with E-state index in [2.05, 4.69) is 74.8 Å². The maximum atomic E-state index is 13.6. The lowest BCUT2D eigenvalue weighted by Gasteiger charge is -2.34. The van der Waals surface area contributed by atoms with E-state index in [0.717, 1.165) is 47.1 Å². The number of nitrogens with zero attached hydrogens (tertiary/aromatic N) is 5. The molecule has 7 heteroatoms. The smallest absolute Gasteiger partial charge is 0.253 e. The maximum absolute atomic E-state index is 13.6. The number of aromatic amines is 1. The van der Waals surface area contributed by atoms with Crippen molar-refractivity contribution >= 4 is 10.9 Å². The molecule has 0 amide bonds. The normalized spacial score (nSPS) is 14.6. The lowest BCUT2D eigenvalue weighted by Crippen LogP contribution is -2.38. The molecule has 6 rings (SSSR count). The van der Waals surface area contributed by atoms with E-state index in [-0.39, 0.29) is 11.6 Å². The Labute approximate surface area is 209 Å². The number of hydrogen-bond acceptors (Lipinski definition) is 5. The topological polar surface area (TPSA) is 79.7 Å². The zero-order valence-electron chi connectivity index (χ0n) is 20.5. The number of H-pyrrole nitrogens is 1. The fraction of sp³-hybridized carbons (Fsp3) is 0.241. The molecule has 1 aliphatic rings. The van der Waals surface area contributed by atoms with Crippen molar-refractivity contribution in [3.8, 4) is 0 Å². The summed E-state index contributed by atoms with van der Waals surface area (Å²) >= 11 is 0. The van der Waals surface area contributed by atoms with Crippen LogP contribution < -0.4 is 5.56 Å². The van der Waals surface area contributed by atoms with Crippen molar-refractivity contribution in [3.63, 3.8) is 0 Å². The predicted molar refractivity (Wildman–Crippen MR) is 140 cm³/mol. The van der Waals surface area contributed by atoms with Gasteiger partial charge in [-0.05, 0) is 70.6 Å². The van der Waals surface area contributed by atoms with Gasteiger partial charge < -0.3 is 4.98 Å². The van der Waals surface area contributed by atoms with Crippen LogP contribution in [-0.4, -0.2) is 36.6 Å². The minimum atomic E-state index is -0.383. The summed E-state index contributed by atoms with van der Waals surface area (Å²) in [5, 5.41) is 13.9. The van der Waals surface area contributed by atoms with Gasteiger partial charge in [0.15, 0.2) is 5.82 Å². The molecule has 180 valence electrons. The lowest BCUT2D eigenvalue weighted by atomic mass is 9.95. The second kappa shape index (κ2) is 9.17. The number of rotatable bonds is 5. The van der Waals surface area contributed by atoms with Gasteiger partial charge in [-0.3, -0.25) is 9.69 Å². The molecule has 1 unspecified atom stereocenters. The minimum Gasteiger partial charge on any atom is -0.322 e.